The Labute approximate surface area is 118 Å². The molecule has 1 heterocycles. The van der Waals surface area contributed by atoms with Gasteiger partial charge in [-0.3, -0.25) is 4.98 Å². The zero-order chi connectivity index (χ0) is 14.7. The van der Waals surface area contributed by atoms with Crippen LogP contribution in [0.2, 0.25) is 0 Å². The highest BCUT2D eigenvalue weighted by Gasteiger charge is 2.06. The second-order valence-electron chi connectivity index (χ2n) is 5.05. The van der Waals surface area contributed by atoms with E-state index in [-0.39, 0.29) is 5.56 Å². The molecule has 2 aromatic rings. The molecule has 0 saturated carbocycles. The van der Waals surface area contributed by atoms with Crippen molar-refractivity contribution in [1.82, 2.24) is 4.98 Å². The molecule has 0 bridgehead atoms. The summed E-state index contributed by atoms with van der Waals surface area (Å²) in [5, 5.41) is 8.85. The average Bonchev–Trinajstić information content (AvgIpc) is 2.38. The zero-order valence-corrected chi connectivity index (χ0v) is 11.9. The van der Waals surface area contributed by atoms with Crippen molar-refractivity contribution in [2.75, 3.05) is 11.9 Å². The third-order valence-corrected chi connectivity index (χ3v) is 3.12. The largest absolute Gasteiger partial charge is 0.478 e. The summed E-state index contributed by atoms with van der Waals surface area (Å²) < 4.78 is 0. The van der Waals surface area contributed by atoms with Crippen LogP contribution in [0.4, 0.5) is 5.69 Å². The fraction of sp³-hybridized carbons (Fsp3) is 0.250. The van der Waals surface area contributed by atoms with E-state index in [9.17, 15) is 4.79 Å². The number of aromatic nitrogens is 1. The van der Waals surface area contributed by atoms with Crippen LogP contribution in [0, 0.1) is 13.8 Å². The van der Waals surface area contributed by atoms with Gasteiger partial charge >= 0.3 is 5.97 Å². The minimum Gasteiger partial charge on any atom is -0.478 e. The predicted octanol–water partition coefficient (Wildman–Crippen LogP) is 3.03. The molecule has 0 atom stereocenters. The highest BCUT2D eigenvalue weighted by Crippen LogP contribution is 2.19. The number of hydrogen-bond donors (Lipinski definition) is 1. The van der Waals surface area contributed by atoms with Crippen molar-refractivity contribution in [2.45, 2.75) is 20.4 Å². The Morgan fingerprint density at radius 2 is 1.85 bits per heavy atom. The van der Waals surface area contributed by atoms with Gasteiger partial charge in [0.1, 0.15) is 0 Å². The molecule has 4 heteroatoms. The maximum atomic E-state index is 10.8. The number of aromatic carboxylic acids is 1. The molecule has 0 radical (unpaired) electrons. The Hall–Kier alpha value is -2.36. The van der Waals surface area contributed by atoms with Crippen LogP contribution in [0.5, 0.6) is 0 Å². The third-order valence-electron chi connectivity index (χ3n) is 3.12. The highest BCUT2D eigenvalue weighted by molar-refractivity contribution is 5.87. The molecule has 20 heavy (non-hydrogen) atoms. The number of carboxylic acids is 1. The number of nitrogens with zero attached hydrogens (tertiary/aromatic N) is 2. The summed E-state index contributed by atoms with van der Waals surface area (Å²) in [5.41, 5.74) is 4.63. The van der Waals surface area contributed by atoms with E-state index >= 15 is 0 Å². The van der Waals surface area contributed by atoms with Gasteiger partial charge in [-0.05, 0) is 49.2 Å². The SMILES string of the molecule is Cc1cc(C)cc(N(C)Cc2ccc(C(=O)O)cn2)c1. The first-order valence-electron chi connectivity index (χ1n) is 6.43. The van der Waals surface area contributed by atoms with E-state index < -0.39 is 5.97 Å². The summed E-state index contributed by atoms with van der Waals surface area (Å²) >= 11 is 0. The van der Waals surface area contributed by atoms with Gasteiger partial charge in [0, 0.05) is 18.9 Å². The normalized spacial score (nSPS) is 10.3. The third kappa shape index (κ3) is 3.35. The van der Waals surface area contributed by atoms with E-state index in [2.05, 4.69) is 41.9 Å². The topological polar surface area (TPSA) is 53.4 Å². The van der Waals surface area contributed by atoms with Gasteiger partial charge in [0.05, 0.1) is 17.8 Å². The molecule has 0 fully saturated rings. The molecule has 0 aliphatic rings. The quantitative estimate of drug-likeness (QED) is 0.927. The fourth-order valence-corrected chi connectivity index (χ4v) is 2.15. The second kappa shape index (κ2) is 5.74. The smallest absolute Gasteiger partial charge is 0.337 e. The van der Waals surface area contributed by atoms with Crippen LogP contribution in [0.3, 0.4) is 0 Å². The number of hydrogen-bond acceptors (Lipinski definition) is 3. The molecule has 1 aromatic heterocycles. The second-order valence-corrected chi connectivity index (χ2v) is 5.05. The van der Waals surface area contributed by atoms with Crippen molar-refractivity contribution in [3.63, 3.8) is 0 Å². The van der Waals surface area contributed by atoms with E-state index in [4.69, 9.17) is 5.11 Å². The molecule has 104 valence electrons. The predicted molar refractivity (Wildman–Crippen MR) is 79.2 cm³/mol. The van der Waals surface area contributed by atoms with Gasteiger partial charge in [0.15, 0.2) is 0 Å². The number of aryl methyl sites for hydroxylation is 2. The molecule has 1 N–H and O–H groups in total. The van der Waals surface area contributed by atoms with Crippen molar-refractivity contribution in [3.05, 3.63) is 58.9 Å². The molecule has 0 aliphatic carbocycles. The lowest BCUT2D eigenvalue weighted by molar-refractivity contribution is 0.0696. The lowest BCUT2D eigenvalue weighted by Crippen LogP contribution is -2.17. The summed E-state index contributed by atoms with van der Waals surface area (Å²) in [6.45, 7) is 4.79. The minimum absolute atomic E-state index is 0.211. The fourth-order valence-electron chi connectivity index (χ4n) is 2.15. The first-order chi connectivity index (χ1) is 9.45. The molecular weight excluding hydrogens is 252 g/mol. The Morgan fingerprint density at radius 3 is 2.35 bits per heavy atom. The maximum Gasteiger partial charge on any atom is 0.337 e. The van der Waals surface area contributed by atoms with Crippen LogP contribution in [-0.4, -0.2) is 23.1 Å². The van der Waals surface area contributed by atoms with Gasteiger partial charge in [-0.2, -0.15) is 0 Å². The summed E-state index contributed by atoms with van der Waals surface area (Å²) in [5.74, 6) is -0.952. The molecule has 0 saturated heterocycles. The van der Waals surface area contributed by atoms with Gasteiger partial charge in [-0.25, -0.2) is 4.79 Å². The lowest BCUT2D eigenvalue weighted by Gasteiger charge is -2.20. The molecule has 0 unspecified atom stereocenters. The van der Waals surface area contributed by atoms with E-state index in [1.54, 1.807) is 12.1 Å². The van der Waals surface area contributed by atoms with E-state index in [1.807, 2.05) is 7.05 Å². The number of rotatable bonds is 4. The van der Waals surface area contributed by atoms with Crippen molar-refractivity contribution >= 4 is 11.7 Å². The Kier molecular flexibility index (Phi) is 4.03. The van der Waals surface area contributed by atoms with Crippen molar-refractivity contribution in [1.29, 1.82) is 0 Å². The molecule has 1 aromatic carbocycles. The zero-order valence-electron chi connectivity index (χ0n) is 11.9. The molecule has 0 amide bonds. The van der Waals surface area contributed by atoms with Crippen LogP contribution in [0.25, 0.3) is 0 Å². The summed E-state index contributed by atoms with van der Waals surface area (Å²) in [6, 6.07) is 9.72. The Balaban J connectivity index is 2.14. The minimum atomic E-state index is -0.952. The van der Waals surface area contributed by atoms with Crippen molar-refractivity contribution in [3.8, 4) is 0 Å². The van der Waals surface area contributed by atoms with E-state index in [0.717, 1.165) is 11.4 Å². The standard InChI is InChI=1S/C16H18N2O2/c1-11-6-12(2)8-15(7-11)18(3)10-14-5-4-13(9-17-14)16(19)20/h4-9H,10H2,1-3H3,(H,19,20). The van der Waals surface area contributed by atoms with Gasteiger partial charge < -0.3 is 10.0 Å². The van der Waals surface area contributed by atoms with E-state index in [0.29, 0.717) is 6.54 Å². The lowest BCUT2D eigenvalue weighted by atomic mass is 10.1. The van der Waals surface area contributed by atoms with Crippen LogP contribution in [0.15, 0.2) is 36.5 Å². The first kappa shape index (κ1) is 14.1. The first-order valence-corrected chi connectivity index (χ1v) is 6.43. The van der Waals surface area contributed by atoms with Crippen LogP contribution in [-0.2, 0) is 6.54 Å². The van der Waals surface area contributed by atoms with Crippen molar-refractivity contribution in [2.24, 2.45) is 0 Å². The van der Waals surface area contributed by atoms with Crippen molar-refractivity contribution < 1.29 is 9.90 Å². The van der Waals surface area contributed by atoms with Gasteiger partial charge in [0.25, 0.3) is 0 Å². The summed E-state index contributed by atoms with van der Waals surface area (Å²) in [6.07, 6.45) is 1.40. The summed E-state index contributed by atoms with van der Waals surface area (Å²) in [4.78, 5) is 17.1. The molecule has 0 spiro atoms. The Morgan fingerprint density at radius 1 is 1.20 bits per heavy atom. The van der Waals surface area contributed by atoms with Gasteiger partial charge in [0.2, 0.25) is 0 Å². The maximum absolute atomic E-state index is 10.8. The van der Waals surface area contributed by atoms with Gasteiger partial charge in [-0.15, -0.1) is 0 Å². The van der Waals surface area contributed by atoms with Crippen LogP contribution in [0.1, 0.15) is 27.2 Å². The number of anilines is 1. The highest BCUT2D eigenvalue weighted by atomic mass is 16.4. The van der Waals surface area contributed by atoms with Crippen LogP contribution >= 0.6 is 0 Å². The molecular formula is C16H18N2O2. The number of benzene rings is 1. The number of carbonyl (C=O) groups is 1. The monoisotopic (exact) mass is 270 g/mol. The molecule has 0 aliphatic heterocycles. The summed E-state index contributed by atoms with van der Waals surface area (Å²) in [7, 11) is 2.00. The Bertz CT molecular complexity index is 601. The number of pyridine rings is 1. The number of carboxylic acid groups (broad SMARTS) is 1. The molecule has 4 nitrogen and oxygen atoms in total. The van der Waals surface area contributed by atoms with Gasteiger partial charge in [-0.1, -0.05) is 6.07 Å². The van der Waals surface area contributed by atoms with Crippen LogP contribution < -0.4 is 4.90 Å². The molecule has 2 rings (SSSR count). The van der Waals surface area contributed by atoms with E-state index in [1.165, 1.54) is 17.3 Å². The average molecular weight is 270 g/mol.